The van der Waals surface area contributed by atoms with E-state index in [0.29, 0.717) is 12.4 Å². The van der Waals surface area contributed by atoms with Gasteiger partial charge in [0.2, 0.25) is 0 Å². The van der Waals surface area contributed by atoms with Crippen molar-refractivity contribution in [1.82, 2.24) is 24.6 Å². The molecule has 0 aliphatic carbocycles. The monoisotopic (exact) mass is 303 g/mol. The minimum absolute atomic E-state index is 0.479. The van der Waals surface area contributed by atoms with Crippen LogP contribution in [0.4, 0.5) is 0 Å². The lowest BCUT2D eigenvalue weighted by Crippen LogP contribution is -1.98. The molecule has 3 heterocycles. The molecule has 0 fully saturated rings. The van der Waals surface area contributed by atoms with Gasteiger partial charge >= 0.3 is 0 Å². The lowest BCUT2D eigenvalue weighted by molar-refractivity contribution is 0.306. The molecule has 0 unspecified atom stereocenters. The van der Waals surface area contributed by atoms with E-state index in [-0.39, 0.29) is 0 Å². The second-order valence-electron chi connectivity index (χ2n) is 4.98. The lowest BCUT2D eigenvalue weighted by Gasteiger charge is -2.09. The average Bonchev–Trinajstić information content (AvgIpc) is 3.10. The summed E-state index contributed by atoms with van der Waals surface area (Å²) < 4.78 is 7.56. The third-order valence-electron chi connectivity index (χ3n) is 3.44. The molecule has 0 N–H and O–H groups in total. The van der Waals surface area contributed by atoms with Crippen LogP contribution in [0.2, 0.25) is 0 Å². The molecular weight excluding hydrogens is 290 g/mol. The van der Waals surface area contributed by atoms with Crippen molar-refractivity contribution >= 4 is 5.78 Å². The Morgan fingerprint density at radius 2 is 2.00 bits per heavy atom. The topological polar surface area (TPSA) is 65.2 Å². The van der Waals surface area contributed by atoms with E-state index < -0.39 is 0 Å². The van der Waals surface area contributed by atoms with Crippen LogP contribution in [0.25, 0.3) is 17.0 Å². The summed E-state index contributed by atoms with van der Waals surface area (Å²) in [7, 11) is 0. The molecule has 4 rings (SSSR count). The first-order valence-corrected chi connectivity index (χ1v) is 7.17. The van der Waals surface area contributed by atoms with Gasteiger partial charge in [0.05, 0.1) is 5.69 Å². The number of aromatic nitrogens is 5. The first kappa shape index (κ1) is 13.4. The van der Waals surface area contributed by atoms with Gasteiger partial charge in [-0.15, -0.1) is 0 Å². The molecule has 0 bridgehead atoms. The van der Waals surface area contributed by atoms with Crippen LogP contribution in [0.3, 0.4) is 0 Å². The quantitative estimate of drug-likeness (QED) is 0.580. The third-order valence-corrected chi connectivity index (χ3v) is 3.44. The summed E-state index contributed by atoms with van der Waals surface area (Å²) >= 11 is 0. The van der Waals surface area contributed by atoms with Gasteiger partial charge in [0, 0.05) is 29.7 Å². The number of benzene rings is 1. The largest absolute Gasteiger partial charge is 0.489 e. The number of nitrogens with zero attached hydrogens (tertiary/aromatic N) is 5. The van der Waals surface area contributed by atoms with Gasteiger partial charge in [-0.25, -0.2) is 4.98 Å². The zero-order chi connectivity index (χ0) is 15.5. The van der Waals surface area contributed by atoms with Gasteiger partial charge in [-0.05, 0) is 24.3 Å². The summed E-state index contributed by atoms with van der Waals surface area (Å²) in [5.74, 6) is 1.36. The van der Waals surface area contributed by atoms with Crippen LogP contribution < -0.4 is 4.74 Å². The van der Waals surface area contributed by atoms with Crippen LogP contribution >= 0.6 is 0 Å². The first-order chi connectivity index (χ1) is 11.4. The molecule has 4 aromatic rings. The fraction of sp³-hybridized carbons (Fsp3) is 0.0588. The van der Waals surface area contributed by atoms with Crippen molar-refractivity contribution in [2.45, 2.75) is 6.61 Å². The van der Waals surface area contributed by atoms with Gasteiger partial charge in [0.25, 0.3) is 5.78 Å². The zero-order valence-electron chi connectivity index (χ0n) is 12.2. The Kier molecular flexibility index (Phi) is 3.40. The summed E-state index contributed by atoms with van der Waals surface area (Å²) in [6.07, 6.45) is 6.76. The van der Waals surface area contributed by atoms with Crippen molar-refractivity contribution in [3.63, 3.8) is 0 Å². The highest BCUT2D eigenvalue weighted by atomic mass is 16.5. The van der Waals surface area contributed by atoms with Crippen LogP contribution in [0.1, 0.15) is 5.56 Å². The number of rotatable bonds is 4. The third kappa shape index (κ3) is 2.74. The number of hydrogen-bond acceptors (Lipinski definition) is 5. The second-order valence-corrected chi connectivity index (χ2v) is 4.98. The molecule has 6 heteroatoms. The Bertz CT molecular complexity index is 936. The van der Waals surface area contributed by atoms with Gasteiger partial charge in [-0.3, -0.25) is 4.98 Å². The van der Waals surface area contributed by atoms with Crippen molar-refractivity contribution in [1.29, 1.82) is 0 Å². The number of ether oxygens (including phenoxy) is 1. The molecule has 0 aliphatic heterocycles. The maximum Gasteiger partial charge on any atom is 0.252 e. The Hall–Kier alpha value is -3.28. The van der Waals surface area contributed by atoms with Crippen molar-refractivity contribution in [2.24, 2.45) is 0 Å². The van der Waals surface area contributed by atoms with Crippen molar-refractivity contribution < 1.29 is 4.74 Å². The molecule has 0 saturated carbocycles. The van der Waals surface area contributed by atoms with Gasteiger partial charge < -0.3 is 4.74 Å². The van der Waals surface area contributed by atoms with E-state index in [1.165, 1.54) is 6.33 Å². The fourth-order valence-corrected chi connectivity index (χ4v) is 2.35. The molecule has 1 aromatic carbocycles. The first-order valence-electron chi connectivity index (χ1n) is 7.17. The van der Waals surface area contributed by atoms with Crippen LogP contribution in [-0.2, 0) is 6.61 Å². The molecule has 0 amide bonds. The van der Waals surface area contributed by atoms with Crippen molar-refractivity contribution in [3.05, 3.63) is 72.9 Å². The summed E-state index contributed by atoms with van der Waals surface area (Å²) in [5, 5.41) is 4.21. The molecular formula is C17H13N5O. The van der Waals surface area contributed by atoms with Gasteiger partial charge in [-0.2, -0.15) is 14.6 Å². The predicted octanol–water partition coefficient (Wildman–Crippen LogP) is 2.77. The predicted molar refractivity (Wildman–Crippen MR) is 84.8 cm³/mol. The Balaban J connectivity index is 1.62. The van der Waals surface area contributed by atoms with Gasteiger partial charge in [0.15, 0.2) is 0 Å². The van der Waals surface area contributed by atoms with Crippen LogP contribution in [-0.4, -0.2) is 24.6 Å². The SMILES string of the molecule is c1cncc(COc2cccc(-c3ccnc4ncnn34)c2)c1. The molecule has 3 aromatic heterocycles. The molecule has 0 aliphatic rings. The lowest BCUT2D eigenvalue weighted by atomic mass is 10.1. The smallest absolute Gasteiger partial charge is 0.252 e. The number of pyridine rings is 1. The van der Waals surface area contributed by atoms with E-state index in [1.54, 1.807) is 23.1 Å². The van der Waals surface area contributed by atoms with E-state index in [1.807, 2.05) is 42.5 Å². The van der Waals surface area contributed by atoms with Gasteiger partial charge in [-0.1, -0.05) is 18.2 Å². The average molecular weight is 303 g/mol. The Morgan fingerprint density at radius 3 is 2.91 bits per heavy atom. The van der Waals surface area contributed by atoms with Crippen LogP contribution in [0.5, 0.6) is 5.75 Å². The second kappa shape index (κ2) is 5.84. The molecule has 0 spiro atoms. The van der Waals surface area contributed by atoms with Crippen molar-refractivity contribution in [2.75, 3.05) is 0 Å². The molecule has 23 heavy (non-hydrogen) atoms. The highest BCUT2D eigenvalue weighted by molar-refractivity contribution is 5.63. The zero-order valence-corrected chi connectivity index (χ0v) is 12.2. The van der Waals surface area contributed by atoms with E-state index in [0.717, 1.165) is 22.6 Å². The summed E-state index contributed by atoms with van der Waals surface area (Å²) in [6, 6.07) is 13.7. The van der Waals surface area contributed by atoms with E-state index >= 15 is 0 Å². The minimum Gasteiger partial charge on any atom is -0.489 e. The maximum absolute atomic E-state index is 5.85. The maximum atomic E-state index is 5.85. The molecule has 0 saturated heterocycles. The summed E-state index contributed by atoms with van der Waals surface area (Å²) in [5.41, 5.74) is 2.94. The number of hydrogen-bond donors (Lipinski definition) is 0. The molecule has 6 nitrogen and oxygen atoms in total. The number of fused-ring (bicyclic) bond motifs is 1. The van der Waals surface area contributed by atoms with E-state index in [4.69, 9.17) is 4.74 Å². The highest BCUT2D eigenvalue weighted by Crippen LogP contribution is 2.24. The Labute approximate surface area is 132 Å². The summed E-state index contributed by atoms with van der Waals surface area (Å²) in [4.78, 5) is 12.4. The van der Waals surface area contributed by atoms with E-state index in [2.05, 4.69) is 20.1 Å². The van der Waals surface area contributed by atoms with Crippen LogP contribution in [0.15, 0.2) is 67.4 Å². The Morgan fingerprint density at radius 1 is 1.00 bits per heavy atom. The molecule has 0 atom stereocenters. The molecule has 0 radical (unpaired) electrons. The highest BCUT2D eigenvalue weighted by Gasteiger charge is 2.07. The van der Waals surface area contributed by atoms with Crippen LogP contribution in [0, 0.1) is 0 Å². The van der Waals surface area contributed by atoms with Crippen molar-refractivity contribution in [3.8, 4) is 17.0 Å². The molecule has 112 valence electrons. The fourth-order valence-electron chi connectivity index (χ4n) is 2.35. The summed E-state index contributed by atoms with van der Waals surface area (Å²) in [6.45, 7) is 0.479. The minimum atomic E-state index is 0.479. The van der Waals surface area contributed by atoms with E-state index in [9.17, 15) is 0 Å². The van der Waals surface area contributed by atoms with Gasteiger partial charge in [0.1, 0.15) is 18.7 Å². The standard InChI is InChI=1S/C17H13N5O/c1-4-14(16-6-8-19-17-20-12-21-22(16)17)9-15(5-1)23-11-13-3-2-7-18-10-13/h1-10,12H,11H2. The normalized spacial score (nSPS) is 10.8.